The van der Waals surface area contributed by atoms with Crippen LogP contribution in [0.25, 0.3) is 32.2 Å². The number of hydrogen-bond donors (Lipinski definition) is 3. The van der Waals surface area contributed by atoms with E-state index in [9.17, 15) is 22.4 Å². The van der Waals surface area contributed by atoms with Gasteiger partial charge in [0.25, 0.3) is 0 Å². The number of carbonyl (C=O) groups excluding carboxylic acids is 1. The van der Waals surface area contributed by atoms with E-state index in [-0.39, 0.29) is 63.4 Å². The number of thiazole rings is 1. The Morgan fingerprint density at radius 3 is 2.57 bits per heavy atom. The second-order valence-electron chi connectivity index (χ2n) is 10.5. The number of ether oxygens (including phenoxy) is 2. The number of cyclic esters (lactones) is 1. The number of piperazine rings is 1. The van der Waals surface area contributed by atoms with Gasteiger partial charge in [0.1, 0.15) is 36.4 Å². The number of aromatic nitrogens is 3. The predicted molar refractivity (Wildman–Crippen MR) is 143 cm³/mol. The van der Waals surface area contributed by atoms with Crippen LogP contribution in [0.15, 0.2) is 18.2 Å². The van der Waals surface area contributed by atoms with Gasteiger partial charge in [-0.15, -0.1) is 0 Å². The summed E-state index contributed by atoms with van der Waals surface area (Å²) in [7, 11) is 0. The molecule has 2 aromatic carbocycles. The fraction of sp³-hybridized carbons (Fsp3) is 0.385. The minimum absolute atomic E-state index is 0.0330. The number of halogens is 5. The highest BCUT2D eigenvalue weighted by Crippen LogP contribution is 2.46. The smallest absolute Gasteiger partial charge is 0.417 e. The van der Waals surface area contributed by atoms with Crippen LogP contribution in [0.4, 0.5) is 37.7 Å². The molecule has 3 aliphatic rings. The zero-order valence-electron chi connectivity index (χ0n) is 21.6. The number of amides is 1. The fourth-order valence-electron chi connectivity index (χ4n) is 5.84. The summed E-state index contributed by atoms with van der Waals surface area (Å²) < 4.78 is 85.4. The van der Waals surface area contributed by atoms with Crippen molar-refractivity contribution in [3.63, 3.8) is 0 Å². The van der Waals surface area contributed by atoms with E-state index in [0.717, 1.165) is 42.4 Å². The molecule has 16 heteroatoms. The van der Waals surface area contributed by atoms with Crippen LogP contribution >= 0.6 is 11.3 Å². The third kappa shape index (κ3) is 4.58. The summed E-state index contributed by atoms with van der Waals surface area (Å²) in [6, 6.07) is 2.21. The molecule has 3 fully saturated rings. The van der Waals surface area contributed by atoms with E-state index < -0.39 is 46.6 Å². The number of alkyl halides is 3. The first-order chi connectivity index (χ1) is 20.0. The van der Waals surface area contributed by atoms with Crippen LogP contribution < -0.4 is 26.0 Å². The van der Waals surface area contributed by atoms with Crippen LogP contribution in [0.5, 0.6) is 6.01 Å². The van der Waals surface area contributed by atoms with Crippen LogP contribution in [0, 0.1) is 11.6 Å². The predicted octanol–water partition coefficient (Wildman–Crippen LogP) is 4.21. The Morgan fingerprint density at radius 1 is 1.12 bits per heavy atom. The first-order valence-corrected chi connectivity index (χ1v) is 13.9. The zero-order chi connectivity index (χ0) is 29.3. The monoisotopic (exact) mass is 607 g/mol. The van der Waals surface area contributed by atoms with Gasteiger partial charge >= 0.3 is 18.3 Å². The molecule has 3 aliphatic heterocycles. The van der Waals surface area contributed by atoms with E-state index in [0.29, 0.717) is 13.1 Å². The number of nitrogens with zero attached hydrogens (tertiary/aromatic N) is 4. The highest BCUT2D eigenvalue weighted by atomic mass is 32.1. The maximum atomic E-state index is 16.6. The van der Waals surface area contributed by atoms with Crippen molar-refractivity contribution < 1.29 is 36.2 Å². The summed E-state index contributed by atoms with van der Waals surface area (Å²) in [6.07, 6.45) is -3.84. The second-order valence-corrected chi connectivity index (χ2v) is 11.5. The van der Waals surface area contributed by atoms with Crippen molar-refractivity contribution in [1.82, 2.24) is 25.6 Å². The average Bonchev–Trinajstić information content (AvgIpc) is 3.64. The minimum atomic E-state index is -5.00. The topological polar surface area (TPSA) is 128 Å². The van der Waals surface area contributed by atoms with Crippen molar-refractivity contribution in [2.45, 2.75) is 37.1 Å². The molecule has 42 heavy (non-hydrogen) atoms. The molecule has 4 N–H and O–H groups in total. The number of nitrogen functional groups attached to an aromatic ring is 1. The number of benzene rings is 2. The third-order valence-corrected chi connectivity index (χ3v) is 8.54. The van der Waals surface area contributed by atoms with Crippen molar-refractivity contribution in [2.24, 2.45) is 0 Å². The maximum absolute atomic E-state index is 16.6. The van der Waals surface area contributed by atoms with Crippen LogP contribution in [0.2, 0.25) is 0 Å². The van der Waals surface area contributed by atoms with Gasteiger partial charge in [-0.25, -0.2) is 18.6 Å². The maximum Gasteiger partial charge on any atom is 0.417 e. The van der Waals surface area contributed by atoms with Gasteiger partial charge in [0, 0.05) is 41.7 Å². The van der Waals surface area contributed by atoms with Crippen LogP contribution in [0.3, 0.4) is 0 Å². The first-order valence-electron chi connectivity index (χ1n) is 13.1. The number of nitrogens with two attached hydrogens (primary N) is 1. The van der Waals surface area contributed by atoms with E-state index in [2.05, 4.69) is 25.6 Å². The van der Waals surface area contributed by atoms with Crippen LogP contribution in [-0.2, 0) is 10.9 Å². The number of fused-ring (bicyclic) bond motifs is 4. The molecule has 3 atom stereocenters. The van der Waals surface area contributed by atoms with Gasteiger partial charge in [-0.2, -0.15) is 23.1 Å². The lowest BCUT2D eigenvalue weighted by molar-refractivity contribution is -0.137. The lowest BCUT2D eigenvalue weighted by atomic mass is 9.95. The number of nitrogens with one attached hydrogen (secondary N) is 2. The van der Waals surface area contributed by atoms with E-state index in [1.54, 1.807) is 0 Å². The van der Waals surface area contributed by atoms with Crippen molar-refractivity contribution in [3.8, 4) is 17.1 Å². The molecule has 1 amide bonds. The van der Waals surface area contributed by atoms with Gasteiger partial charge in [-0.3, -0.25) is 0 Å². The Labute approximate surface area is 238 Å². The summed E-state index contributed by atoms with van der Waals surface area (Å²) in [6.45, 7) is 0.798. The lowest BCUT2D eigenvalue weighted by Gasteiger charge is -2.34. The molecule has 0 spiro atoms. The summed E-state index contributed by atoms with van der Waals surface area (Å²) in [4.78, 5) is 25.8. The van der Waals surface area contributed by atoms with E-state index in [1.165, 1.54) is 0 Å². The SMILES string of the molecule is Nc1nc2c(-c3c(C(F)(F)F)cc4c(N5CC6CCC(C5)N6)nc(OCC5COC(=O)N5)nc4c3F)ccc(F)c2s1. The van der Waals surface area contributed by atoms with Crippen molar-refractivity contribution in [1.29, 1.82) is 0 Å². The molecular weight excluding hydrogens is 585 g/mol. The quantitative estimate of drug-likeness (QED) is 0.286. The number of alkyl carbamates (subject to hydrolysis) is 1. The highest BCUT2D eigenvalue weighted by Gasteiger charge is 2.39. The number of carbonyl (C=O) groups is 1. The van der Waals surface area contributed by atoms with Crippen molar-refractivity contribution >= 4 is 49.5 Å². The second kappa shape index (κ2) is 9.76. The molecular formula is C26H22F5N7O3S. The van der Waals surface area contributed by atoms with Crippen LogP contribution in [-0.4, -0.2) is 65.5 Å². The Morgan fingerprint density at radius 2 is 1.88 bits per heavy atom. The molecule has 3 unspecified atom stereocenters. The van der Waals surface area contributed by atoms with Gasteiger partial charge in [-0.1, -0.05) is 11.3 Å². The summed E-state index contributed by atoms with van der Waals surface area (Å²) in [5.41, 5.74) is 2.75. The Balaban J connectivity index is 1.44. The molecule has 3 saturated heterocycles. The van der Waals surface area contributed by atoms with E-state index in [4.69, 9.17) is 15.2 Å². The molecule has 4 aromatic rings. The Bertz CT molecular complexity index is 1740. The highest BCUT2D eigenvalue weighted by molar-refractivity contribution is 7.22. The normalized spacial score (nSPS) is 22.2. The molecule has 0 aliphatic carbocycles. The Kier molecular flexibility index (Phi) is 6.23. The standard InChI is InChI=1S/C26H22F5N7O3S/c27-16-4-3-13(20-21(16)42-23(32)35-20)17-15(26(29,30)31)5-14-19(18(17)28)36-24(40-8-12-9-41-25(39)34-12)37-22(14)38-6-10-1-2-11(7-38)33-10/h3-5,10-12,33H,1-2,6-9H2,(H2,32,35)(H,34,39). The van der Waals surface area contributed by atoms with Gasteiger partial charge < -0.3 is 30.7 Å². The number of rotatable bonds is 5. The molecule has 2 aromatic heterocycles. The van der Waals surface area contributed by atoms with E-state index in [1.807, 2.05) is 4.90 Å². The summed E-state index contributed by atoms with van der Waals surface area (Å²) in [5.74, 6) is -1.93. The Hall–Kier alpha value is -4.05. The molecule has 0 radical (unpaired) electrons. The van der Waals surface area contributed by atoms with Crippen molar-refractivity contribution in [2.75, 3.05) is 36.9 Å². The molecule has 2 bridgehead atoms. The minimum Gasteiger partial charge on any atom is -0.461 e. The zero-order valence-corrected chi connectivity index (χ0v) is 22.4. The van der Waals surface area contributed by atoms with Crippen molar-refractivity contribution in [3.05, 3.63) is 35.4 Å². The van der Waals surface area contributed by atoms with Gasteiger partial charge in [-0.05, 0) is 31.0 Å². The third-order valence-electron chi connectivity index (χ3n) is 7.64. The molecule has 220 valence electrons. The van der Waals surface area contributed by atoms with E-state index >= 15 is 4.39 Å². The largest absolute Gasteiger partial charge is 0.461 e. The van der Waals surface area contributed by atoms with Gasteiger partial charge in [0.05, 0.1) is 15.8 Å². The number of anilines is 2. The lowest BCUT2D eigenvalue weighted by Crippen LogP contribution is -2.51. The fourth-order valence-corrected chi connectivity index (χ4v) is 6.60. The molecule has 10 nitrogen and oxygen atoms in total. The molecule has 7 rings (SSSR count). The van der Waals surface area contributed by atoms with Gasteiger partial charge in [0.2, 0.25) is 0 Å². The first kappa shape index (κ1) is 26.8. The molecule has 0 saturated carbocycles. The molecule has 5 heterocycles. The van der Waals surface area contributed by atoms with Crippen LogP contribution in [0.1, 0.15) is 18.4 Å². The number of hydrogen-bond acceptors (Lipinski definition) is 10. The van der Waals surface area contributed by atoms with Gasteiger partial charge in [0.15, 0.2) is 10.9 Å². The summed E-state index contributed by atoms with van der Waals surface area (Å²) in [5, 5.41) is 5.76. The summed E-state index contributed by atoms with van der Waals surface area (Å²) >= 11 is 0.749. The average molecular weight is 608 g/mol.